The Balaban J connectivity index is 2.74. The van der Waals surface area contributed by atoms with Crippen molar-refractivity contribution in [2.45, 2.75) is 77.0 Å². The predicted molar refractivity (Wildman–Crippen MR) is 108 cm³/mol. The summed E-state index contributed by atoms with van der Waals surface area (Å²) in [7, 11) is 0. The molecule has 1 rings (SSSR count). The molecule has 11 heteroatoms. The van der Waals surface area contributed by atoms with E-state index in [-0.39, 0.29) is 18.8 Å². The van der Waals surface area contributed by atoms with Crippen LogP contribution in [0.4, 0.5) is 0 Å². The third-order valence-electron chi connectivity index (χ3n) is 5.38. The number of carbonyl (C=O) groups is 5. The fourth-order valence-electron chi connectivity index (χ4n) is 3.30. The molecule has 0 spiro atoms. The van der Waals surface area contributed by atoms with E-state index in [0.29, 0.717) is 25.8 Å². The molecule has 0 bridgehead atoms. The van der Waals surface area contributed by atoms with E-state index in [9.17, 15) is 29.1 Å². The second kappa shape index (κ2) is 11.5. The van der Waals surface area contributed by atoms with Crippen LogP contribution in [0.1, 0.15) is 52.9 Å². The van der Waals surface area contributed by atoms with Crippen LogP contribution in [0, 0.1) is 5.92 Å². The molecule has 0 aliphatic carbocycles. The first-order valence-electron chi connectivity index (χ1n) is 10.2. The molecule has 170 valence electrons. The van der Waals surface area contributed by atoms with E-state index >= 15 is 0 Å². The predicted octanol–water partition coefficient (Wildman–Crippen LogP) is -1.31. The van der Waals surface area contributed by atoms with E-state index < -0.39 is 53.8 Å². The molecule has 1 aliphatic rings. The third-order valence-corrected chi connectivity index (χ3v) is 5.38. The number of hydrogen-bond acceptors (Lipinski definition) is 6. The van der Waals surface area contributed by atoms with E-state index in [1.807, 2.05) is 6.92 Å². The Bertz CT molecular complexity index is 670. The van der Waals surface area contributed by atoms with E-state index in [0.717, 1.165) is 0 Å². The van der Waals surface area contributed by atoms with Crippen molar-refractivity contribution in [3.63, 3.8) is 0 Å². The van der Waals surface area contributed by atoms with Crippen LogP contribution in [-0.4, -0.2) is 70.3 Å². The summed E-state index contributed by atoms with van der Waals surface area (Å²) < 4.78 is 0. The Morgan fingerprint density at radius 3 is 2.33 bits per heavy atom. The maximum absolute atomic E-state index is 12.8. The minimum atomic E-state index is -1.13. The van der Waals surface area contributed by atoms with Crippen molar-refractivity contribution >= 4 is 29.6 Å². The van der Waals surface area contributed by atoms with Crippen LogP contribution in [0.25, 0.3) is 0 Å². The van der Waals surface area contributed by atoms with Gasteiger partial charge >= 0.3 is 5.97 Å². The number of nitrogens with two attached hydrogens (primary N) is 2. The van der Waals surface area contributed by atoms with Crippen LogP contribution in [-0.2, 0) is 24.0 Å². The molecular weight excluding hydrogens is 394 g/mol. The molecule has 0 saturated carbocycles. The quantitative estimate of drug-likeness (QED) is 0.271. The van der Waals surface area contributed by atoms with Gasteiger partial charge in [-0.15, -0.1) is 0 Å². The number of likely N-dealkylation sites (tertiary alicyclic amines) is 1. The summed E-state index contributed by atoms with van der Waals surface area (Å²) in [5.74, 6) is -3.55. The minimum absolute atomic E-state index is 0.0494. The molecule has 7 N–H and O–H groups in total. The van der Waals surface area contributed by atoms with Gasteiger partial charge in [0.2, 0.25) is 23.6 Å². The third kappa shape index (κ3) is 6.97. The highest BCUT2D eigenvalue weighted by atomic mass is 16.4. The van der Waals surface area contributed by atoms with Crippen molar-refractivity contribution in [1.82, 2.24) is 15.5 Å². The van der Waals surface area contributed by atoms with Gasteiger partial charge in [0.05, 0.1) is 6.04 Å². The highest BCUT2D eigenvalue weighted by molar-refractivity contribution is 5.94. The van der Waals surface area contributed by atoms with Gasteiger partial charge in [0.1, 0.15) is 18.1 Å². The summed E-state index contributed by atoms with van der Waals surface area (Å²) in [5.41, 5.74) is 10.7. The van der Waals surface area contributed by atoms with Gasteiger partial charge in [-0.05, 0) is 32.1 Å². The van der Waals surface area contributed by atoms with Crippen molar-refractivity contribution in [1.29, 1.82) is 0 Å². The number of hydrogen-bond donors (Lipinski definition) is 5. The lowest BCUT2D eigenvalue weighted by Gasteiger charge is -2.29. The highest BCUT2D eigenvalue weighted by Crippen LogP contribution is 2.20. The topological polar surface area (TPSA) is 185 Å². The standard InChI is InChI=1S/C19H33N5O6/c1-4-10(2)15(19(29)30)23-17(27)13-6-5-9-24(13)18(28)11(3)22-16(26)12(20)7-8-14(21)25/h10-13,15H,4-9,20H2,1-3H3,(H2,21,25)(H,22,26)(H,23,27)(H,29,30). The summed E-state index contributed by atoms with van der Waals surface area (Å²) in [6.45, 7) is 5.37. The molecule has 30 heavy (non-hydrogen) atoms. The Morgan fingerprint density at radius 2 is 1.80 bits per heavy atom. The zero-order valence-corrected chi connectivity index (χ0v) is 17.7. The smallest absolute Gasteiger partial charge is 0.326 e. The maximum atomic E-state index is 12.8. The van der Waals surface area contributed by atoms with Gasteiger partial charge in [0, 0.05) is 13.0 Å². The number of carboxylic acid groups (broad SMARTS) is 1. The fourth-order valence-corrected chi connectivity index (χ4v) is 3.30. The number of nitrogens with zero attached hydrogens (tertiary/aromatic N) is 1. The summed E-state index contributed by atoms with van der Waals surface area (Å²) >= 11 is 0. The minimum Gasteiger partial charge on any atom is -0.480 e. The molecular formula is C19H33N5O6. The average Bonchev–Trinajstić information content (AvgIpc) is 3.18. The number of primary amides is 1. The summed E-state index contributed by atoms with van der Waals surface area (Å²) in [6.07, 6.45) is 1.58. The molecule has 1 heterocycles. The van der Waals surface area contributed by atoms with Gasteiger partial charge in [-0.1, -0.05) is 20.3 Å². The number of aliphatic carboxylic acids is 1. The molecule has 0 aromatic heterocycles. The first-order valence-corrected chi connectivity index (χ1v) is 10.2. The van der Waals surface area contributed by atoms with Crippen LogP contribution in [0.2, 0.25) is 0 Å². The van der Waals surface area contributed by atoms with Gasteiger partial charge in [-0.2, -0.15) is 0 Å². The van der Waals surface area contributed by atoms with Crippen molar-refractivity contribution in [3.8, 4) is 0 Å². The molecule has 1 saturated heterocycles. The molecule has 0 radical (unpaired) electrons. The number of amides is 4. The molecule has 11 nitrogen and oxygen atoms in total. The number of rotatable bonds is 11. The van der Waals surface area contributed by atoms with E-state index in [4.69, 9.17) is 11.5 Å². The first-order chi connectivity index (χ1) is 14.0. The van der Waals surface area contributed by atoms with E-state index in [2.05, 4.69) is 10.6 Å². The van der Waals surface area contributed by atoms with Gasteiger partial charge in [0.25, 0.3) is 0 Å². The molecule has 0 aromatic carbocycles. The van der Waals surface area contributed by atoms with Crippen molar-refractivity contribution in [3.05, 3.63) is 0 Å². The summed E-state index contributed by atoms with van der Waals surface area (Å²) in [5, 5.41) is 14.4. The Morgan fingerprint density at radius 1 is 1.17 bits per heavy atom. The Labute approximate surface area is 175 Å². The largest absolute Gasteiger partial charge is 0.480 e. The lowest BCUT2D eigenvalue weighted by molar-refractivity contribution is -0.145. The van der Waals surface area contributed by atoms with Crippen molar-refractivity contribution in [2.24, 2.45) is 17.4 Å². The molecule has 5 atom stereocenters. The van der Waals surface area contributed by atoms with Crippen molar-refractivity contribution < 1.29 is 29.1 Å². The van der Waals surface area contributed by atoms with Crippen LogP contribution < -0.4 is 22.1 Å². The van der Waals surface area contributed by atoms with E-state index in [1.165, 1.54) is 11.8 Å². The molecule has 1 fully saturated rings. The summed E-state index contributed by atoms with van der Waals surface area (Å²) in [6, 6.07) is -3.76. The van der Waals surface area contributed by atoms with E-state index in [1.54, 1.807) is 6.92 Å². The van der Waals surface area contributed by atoms with Gasteiger partial charge in [-0.25, -0.2) is 4.79 Å². The van der Waals surface area contributed by atoms with Crippen LogP contribution >= 0.6 is 0 Å². The maximum Gasteiger partial charge on any atom is 0.326 e. The number of carbonyl (C=O) groups excluding carboxylic acids is 4. The number of carboxylic acids is 1. The molecule has 4 amide bonds. The number of nitrogens with one attached hydrogen (secondary N) is 2. The normalized spacial score (nSPS) is 20.0. The second-order valence-electron chi connectivity index (χ2n) is 7.74. The molecule has 5 unspecified atom stereocenters. The summed E-state index contributed by atoms with van der Waals surface area (Å²) in [4.78, 5) is 61.2. The second-order valence-corrected chi connectivity index (χ2v) is 7.74. The Hall–Kier alpha value is -2.69. The van der Waals surface area contributed by atoms with Gasteiger partial charge in [-0.3, -0.25) is 19.2 Å². The first kappa shape index (κ1) is 25.3. The fraction of sp³-hybridized carbons (Fsp3) is 0.737. The SMILES string of the molecule is CCC(C)C(NC(=O)C1CCCN1C(=O)C(C)NC(=O)C(N)CCC(N)=O)C(=O)O. The van der Waals surface area contributed by atoms with Gasteiger partial charge < -0.3 is 32.1 Å². The zero-order chi connectivity index (χ0) is 23.0. The lowest BCUT2D eigenvalue weighted by Crippen LogP contribution is -2.56. The van der Waals surface area contributed by atoms with Crippen LogP contribution in [0.5, 0.6) is 0 Å². The molecule has 0 aromatic rings. The van der Waals surface area contributed by atoms with Crippen LogP contribution in [0.15, 0.2) is 0 Å². The van der Waals surface area contributed by atoms with Gasteiger partial charge in [0.15, 0.2) is 0 Å². The lowest BCUT2D eigenvalue weighted by atomic mass is 9.98. The van der Waals surface area contributed by atoms with Crippen molar-refractivity contribution in [2.75, 3.05) is 6.54 Å². The molecule has 1 aliphatic heterocycles. The zero-order valence-electron chi connectivity index (χ0n) is 17.7. The average molecular weight is 428 g/mol. The van der Waals surface area contributed by atoms with Crippen LogP contribution in [0.3, 0.4) is 0 Å². The Kier molecular flexibility index (Phi) is 9.70. The highest BCUT2D eigenvalue weighted by Gasteiger charge is 2.38. The monoisotopic (exact) mass is 427 g/mol.